The number of carboxylic acids is 1. The molecule has 0 bridgehead atoms. The van der Waals surface area contributed by atoms with E-state index in [2.05, 4.69) is 43.0 Å². The number of rotatable bonds is 6. The molecule has 1 heterocycles. The molecule has 0 radical (unpaired) electrons. The molecular formula is C18H27NO2. The number of carboxylic acid groups (broad SMARTS) is 1. The van der Waals surface area contributed by atoms with Crippen molar-refractivity contribution in [1.82, 2.24) is 4.90 Å². The van der Waals surface area contributed by atoms with E-state index in [4.69, 9.17) is 5.11 Å². The monoisotopic (exact) mass is 289 g/mol. The van der Waals surface area contributed by atoms with Crippen molar-refractivity contribution in [3.05, 3.63) is 35.4 Å². The van der Waals surface area contributed by atoms with Crippen LogP contribution in [0, 0.1) is 11.8 Å². The molecule has 3 heteroatoms. The highest BCUT2D eigenvalue weighted by atomic mass is 16.4. The van der Waals surface area contributed by atoms with Gasteiger partial charge in [0, 0.05) is 19.5 Å². The average Bonchev–Trinajstić information content (AvgIpc) is 2.47. The molecule has 0 amide bonds. The maximum absolute atomic E-state index is 10.9. The quantitative estimate of drug-likeness (QED) is 0.870. The summed E-state index contributed by atoms with van der Waals surface area (Å²) < 4.78 is 0. The van der Waals surface area contributed by atoms with E-state index in [0.29, 0.717) is 12.3 Å². The third-order valence-corrected chi connectivity index (χ3v) is 4.74. The van der Waals surface area contributed by atoms with Crippen LogP contribution in [0.15, 0.2) is 24.3 Å². The smallest absolute Gasteiger partial charge is 0.303 e. The van der Waals surface area contributed by atoms with Crippen molar-refractivity contribution in [3.8, 4) is 0 Å². The van der Waals surface area contributed by atoms with Crippen LogP contribution < -0.4 is 0 Å². The minimum atomic E-state index is -0.670. The van der Waals surface area contributed by atoms with Gasteiger partial charge in [0.1, 0.15) is 0 Å². The molecule has 21 heavy (non-hydrogen) atoms. The summed E-state index contributed by atoms with van der Waals surface area (Å²) in [5.41, 5.74) is 2.85. The molecule has 0 spiro atoms. The molecular weight excluding hydrogens is 262 g/mol. The third-order valence-electron chi connectivity index (χ3n) is 4.74. The van der Waals surface area contributed by atoms with E-state index in [9.17, 15) is 4.79 Å². The zero-order valence-corrected chi connectivity index (χ0v) is 13.2. The van der Waals surface area contributed by atoms with Gasteiger partial charge in [0.15, 0.2) is 0 Å². The molecule has 116 valence electrons. The van der Waals surface area contributed by atoms with E-state index in [-0.39, 0.29) is 5.92 Å². The summed E-state index contributed by atoms with van der Waals surface area (Å²) in [5, 5.41) is 8.97. The normalized spacial score (nSPS) is 21.1. The highest BCUT2D eigenvalue weighted by Gasteiger charge is 2.26. The Morgan fingerprint density at radius 1 is 1.38 bits per heavy atom. The second kappa shape index (κ2) is 7.60. The predicted octanol–water partition coefficient (Wildman–Crippen LogP) is 3.57. The van der Waals surface area contributed by atoms with Crippen LogP contribution in [-0.4, -0.2) is 29.1 Å². The molecule has 1 saturated heterocycles. The summed E-state index contributed by atoms with van der Waals surface area (Å²) in [6.45, 7) is 7.45. The van der Waals surface area contributed by atoms with E-state index in [1.807, 2.05) is 0 Å². The minimum Gasteiger partial charge on any atom is -0.481 e. The first kappa shape index (κ1) is 16.0. The number of carbonyl (C=O) groups is 1. The lowest BCUT2D eigenvalue weighted by Crippen LogP contribution is -2.38. The fraction of sp³-hybridized carbons (Fsp3) is 0.611. The van der Waals surface area contributed by atoms with Crippen LogP contribution in [-0.2, 0) is 17.8 Å². The zero-order valence-electron chi connectivity index (χ0n) is 13.2. The lowest BCUT2D eigenvalue weighted by Gasteiger charge is -2.35. The second-order valence-corrected chi connectivity index (χ2v) is 6.33. The Labute approximate surface area is 128 Å². The van der Waals surface area contributed by atoms with Gasteiger partial charge in [-0.2, -0.15) is 0 Å². The summed E-state index contributed by atoms with van der Waals surface area (Å²) in [5.74, 6) is 0.117. The van der Waals surface area contributed by atoms with Crippen molar-refractivity contribution < 1.29 is 9.90 Å². The Kier molecular flexibility index (Phi) is 5.80. The summed E-state index contributed by atoms with van der Waals surface area (Å²) in [4.78, 5) is 13.4. The highest BCUT2D eigenvalue weighted by molar-refractivity contribution is 5.67. The molecule has 1 aliphatic rings. The van der Waals surface area contributed by atoms with Crippen molar-refractivity contribution in [2.75, 3.05) is 13.1 Å². The Morgan fingerprint density at radius 3 is 2.76 bits per heavy atom. The molecule has 2 unspecified atom stereocenters. The molecule has 2 rings (SSSR count). The maximum atomic E-state index is 10.9. The van der Waals surface area contributed by atoms with Crippen LogP contribution in [0.2, 0.25) is 0 Å². The van der Waals surface area contributed by atoms with E-state index < -0.39 is 5.97 Å². The van der Waals surface area contributed by atoms with Crippen molar-refractivity contribution in [2.45, 2.75) is 46.1 Å². The lowest BCUT2D eigenvalue weighted by atomic mass is 9.84. The van der Waals surface area contributed by atoms with Gasteiger partial charge in [-0.3, -0.25) is 9.69 Å². The van der Waals surface area contributed by atoms with Crippen LogP contribution in [0.4, 0.5) is 0 Å². The van der Waals surface area contributed by atoms with Gasteiger partial charge in [0.2, 0.25) is 0 Å². The molecule has 1 aliphatic heterocycles. The van der Waals surface area contributed by atoms with Crippen LogP contribution in [0.3, 0.4) is 0 Å². The Balaban J connectivity index is 1.96. The van der Waals surface area contributed by atoms with Crippen molar-refractivity contribution in [3.63, 3.8) is 0 Å². The number of piperidine rings is 1. The lowest BCUT2D eigenvalue weighted by molar-refractivity contribution is -0.138. The highest BCUT2D eigenvalue weighted by Crippen LogP contribution is 2.27. The van der Waals surface area contributed by atoms with Crippen LogP contribution in [0.5, 0.6) is 0 Å². The standard InChI is InChI=1S/C18H27NO2/c1-3-15-7-4-5-8-17(15)13-19-10-6-9-16(12-19)14(2)11-18(20)21/h4-5,7-8,14,16H,3,6,9-13H2,1-2H3,(H,20,21). The fourth-order valence-corrected chi connectivity index (χ4v) is 3.44. The van der Waals surface area contributed by atoms with Gasteiger partial charge in [-0.05, 0) is 48.8 Å². The molecule has 0 saturated carbocycles. The molecule has 1 fully saturated rings. The zero-order chi connectivity index (χ0) is 15.2. The first-order valence-corrected chi connectivity index (χ1v) is 8.11. The second-order valence-electron chi connectivity index (χ2n) is 6.33. The number of hydrogen-bond donors (Lipinski definition) is 1. The van der Waals surface area contributed by atoms with Gasteiger partial charge in [-0.1, -0.05) is 38.1 Å². The van der Waals surface area contributed by atoms with Crippen LogP contribution in [0.1, 0.15) is 44.2 Å². The predicted molar refractivity (Wildman–Crippen MR) is 85.2 cm³/mol. The molecule has 1 N–H and O–H groups in total. The molecule has 1 aromatic rings. The summed E-state index contributed by atoms with van der Waals surface area (Å²) in [7, 11) is 0. The first-order chi connectivity index (χ1) is 10.1. The number of aryl methyl sites for hydroxylation is 1. The van der Waals surface area contributed by atoms with E-state index in [0.717, 1.165) is 26.1 Å². The Morgan fingerprint density at radius 2 is 2.10 bits per heavy atom. The van der Waals surface area contributed by atoms with Crippen molar-refractivity contribution >= 4 is 5.97 Å². The Hall–Kier alpha value is -1.35. The van der Waals surface area contributed by atoms with Gasteiger partial charge in [0.05, 0.1) is 0 Å². The molecule has 3 nitrogen and oxygen atoms in total. The van der Waals surface area contributed by atoms with Crippen molar-refractivity contribution in [1.29, 1.82) is 0 Å². The topological polar surface area (TPSA) is 40.5 Å². The number of hydrogen-bond acceptors (Lipinski definition) is 2. The van der Waals surface area contributed by atoms with Gasteiger partial charge in [0.25, 0.3) is 0 Å². The number of nitrogens with zero attached hydrogens (tertiary/aromatic N) is 1. The Bertz CT molecular complexity index is 472. The summed E-state index contributed by atoms with van der Waals surface area (Å²) in [6.07, 6.45) is 3.72. The number of aliphatic carboxylic acids is 1. The fourth-order valence-electron chi connectivity index (χ4n) is 3.44. The SMILES string of the molecule is CCc1ccccc1CN1CCCC(C(C)CC(=O)O)C1. The molecule has 0 aliphatic carbocycles. The van der Waals surface area contributed by atoms with Gasteiger partial charge < -0.3 is 5.11 Å². The summed E-state index contributed by atoms with van der Waals surface area (Å²) in [6, 6.07) is 8.66. The van der Waals surface area contributed by atoms with Gasteiger partial charge >= 0.3 is 5.97 Å². The van der Waals surface area contributed by atoms with Gasteiger partial charge in [-0.25, -0.2) is 0 Å². The number of benzene rings is 1. The first-order valence-electron chi connectivity index (χ1n) is 8.11. The van der Waals surface area contributed by atoms with Gasteiger partial charge in [-0.15, -0.1) is 0 Å². The third kappa shape index (κ3) is 4.57. The van der Waals surface area contributed by atoms with E-state index >= 15 is 0 Å². The average molecular weight is 289 g/mol. The van der Waals surface area contributed by atoms with Crippen LogP contribution in [0.25, 0.3) is 0 Å². The summed E-state index contributed by atoms with van der Waals surface area (Å²) >= 11 is 0. The number of likely N-dealkylation sites (tertiary alicyclic amines) is 1. The van der Waals surface area contributed by atoms with E-state index in [1.54, 1.807) is 0 Å². The minimum absolute atomic E-state index is 0.270. The van der Waals surface area contributed by atoms with Crippen molar-refractivity contribution in [2.24, 2.45) is 11.8 Å². The largest absolute Gasteiger partial charge is 0.481 e. The molecule has 2 atom stereocenters. The molecule has 0 aromatic heterocycles. The van der Waals surface area contributed by atoms with Crippen LogP contribution >= 0.6 is 0 Å². The van der Waals surface area contributed by atoms with E-state index in [1.165, 1.54) is 24.0 Å². The maximum Gasteiger partial charge on any atom is 0.303 e. The molecule has 1 aromatic carbocycles.